The van der Waals surface area contributed by atoms with Gasteiger partial charge in [-0.2, -0.15) is 0 Å². The molecule has 150 valence electrons. The maximum Gasteiger partial charge on any atom is 0.321 e. The normalized spacial score (nSPS) is 18.7. The van der Waals surface area contributed by atoms with E-state index in [0.29, 0.717) is 23.9 Å². The van der Waals surface area contributed by atoms with Gasteiger partial charge in [0.1, 0.15) is 12.6 Å². The number of thioether (sulfide) groups is 1. The Balaban J connectivity index is 1.57. The van der Waals surface area contributed by atoms with Crippen LogP contribution in [0.15, 0.2) is 59.1 Å². The van der Waals surface area contributed by atoms with Crippen LogP contribution < -0.4 is 14.8 Å². The zero-order valence-electron chi connectivity index (χ0n) is 15.7. The molecule has 1 aliphatic rings. The van der Waals surface area contributed by atoms with Crippen LogP contribution >= 0.6 is 27.7 Å². The molecule has 0 saturated carbocycles. The average molecular weight is 474 g/mol. The zero-order valence-corrected chi connectivity index (χ0v) is 18.1. The van der Waals surface area contributed by atoms with Crippen molar-refractivity contribution in [3.05, 3.63) is 70.2 Å². The molecule has 29 heavy (non-hydrogen) atoms. The molecular formula is C22H20BrNO4S. The Kier molecular flexibility index (Phi) is 5.99. The monoisotopic (exact) mass is 473 g/mol. The van der Waals surface area contributed by atoms with Crippen molar-refractivity contribution in [2.75, 3.05) is 12.9 Å². The highest BCUT2D eigenvalue weighted by atomic mass is 79.9. The molecule has 2 unspecified atom stereocenters. The fraction of sp³-hybridized carbons (Fsp3) is 0.227. The molecule has 5 nitrogen and oxygen atoms in total. The molecule has 0 bridgehead atoms. The number of benzene rings is 3. The number of carboxylic acids is 1. The van der Waals surface area contributed by atoms with Crippen molar-refractivity contribution in [3.8, 4) is 11.5 Å². The van der Waals surface area contributed by atoms with E-state index in [0.717, 1.165) is 21.0 Å². The van der Waals surface area contributed by atoms with Crippen LogP contribution in [0.5, 0.6) is 11.5 Å². The zero-order chi connectivity index (χ0) is 20.4. The topological polar surface area (TPSA) is 67.8 Å². The second kappa shape index (κ2) is 8.65. The Morgan fingerprint density at radius 3 is 2.79 bits per heavy atom. The van der Waals surface area contributed by atoms with Gasteiger partial charge in [-0.25, -0.2) is 0 Å². The van der Waals surface area contributed by atoms with Gasteiger partial charge in [-0.3, -0.25) is 10.1 Å². The summed E-state index contributed by atoms with van der Waals surface area (Å²) in [4.78, 5) is 11.2. The number of rotatable bonds is 6. The Morgan fingerprint density at radius 2 is 2.03 bits per heavy atom. The summed E-state index contributed by atoms with van der Waals surface area (Å²) < 4.78 is 12.5. The second-order valence-corrected chi connectivity index (χ2v) is 8.72. The third-order valence-corrected chi connectivity index (χ3v) is 6.74. The lowest BCUT2D eigenvalue weighted by molar-refractivity contribution is -0.138. The van der Waals surface area contributed by atoms with Gasteiger partial charge >= 0.3 is 5.97 Å². The minimum Gasteiger partial charge on any atom is -0.493 e. The second-order valence-electron chi connectivity index (χ2n) is 6.73. The molecule has 1 aliphatic heterocycles. The molecule has 0 aromatic heterocycles. The predicted octanol–water partition coefficient (Wildman–Crippen LogP) is 4.98. The van der Waals surface area contributed by atoms with E-state index in [1.807, 2.05) is 30.3 Å². The van der Waals surface area contributed by atoms with Crippen LogP contribution in [0.1, 0.15) is 16.5 Å². The van der Waals surface area contributed by atoms with Gasteiger partial charge in [-0.15, -0.1) is 11.8 Å². The van der Waals surface area contributed by atoms with Gasteiger partial charge < -0.3 is 14.6 Å². The lowest BCUT2D eigenvalue weighted by Crippen LogP contribution is -2.33. The smallest absolute Gasteiger partial charge is 0.321 e. The number of hydrogen-bond acceptors (Lipinski definition) is 5. The number of aliphatic carboxylic acids is 1. The molecule has 4 rings (SSSR count). The Labute approximate surface area is 181 Å². The van der Waals surface area contributed by atoms with Gasteiger partial charge in [-0.05, 0) is 50.0 Å². The van der Waals surface area contributed by atoms with Crippen molar-refractivity contribution in [2.45, 2.75) is 18.0 Å². The van der Waals surface area contributed by atoms with Crippen molar-refractivity contribution in [2.24, 2.45) is 0 Å². The van der Waals surface area contributed by atoms with E-state index in [4.69, 9.17) is 9.47 Å². The molecule has 0 amide bonds. The predicted molar refractivity (Wildman–Crippen MR) is 119 cm³/mol. The molecule has 1 saturated heterocycles. The molecule has 2 atom stereocenters. The Morgan fingerprint density at radius 1 is 1.24 bits per heavy atom. The molecule has 0 spiro atoms. The van der Waals surface area contributed by atoms with Gasteiger partial charge in [0.15, 0.2) is 11.5 Å². The minimum atomic E-state index is -0.832. The summed E-state index contributed by atoms with van der Waals surface area (Å²) in [7, 11) is 1.60. The number of fused-ring (bicyclic) bond motifs is 1. The Bertz CT molecular complexity index is 1050. The van der Waals surface area contributed by atoms with Crippen LogP contribution in [0.2, 0.25) is 0 Å². The summed E-state index contributed by atoms with van der Waals surface area (Å²) in [5.74, 6) is 0.929. The fourth-order valence-electron chi connectivity index (χ4n) is 3.41. The summed E-state index contributed by atoms with van der Waals surface area (Å²) in [6, 6.07) is 17.7. The number of halogens is 1. The average Bonchev–Trinajstić information content (AvgIpc) is 3.23. The summed E-state index contributed by atoms with van der Waals surface area (Å²) in [5.41, 5.74) is 2.04. The quantitative estimate of drug-likeness (QED) is 0.526. The van der Waals surface area contributed by atoms with Gasteiger partial charge in [0.2, 0.25) is 0 Å². The molecule has 1 heterocycles. The first kappa shape index (κ1) is 20.1. The van der Waals surface area contributed by atoms with Crippen molar-refractivity contribution in [1.29, 1.82) is 0 Å². The third kappa shape index (κ3) is 4.22. The Hall–Kier alpha value is -2.22. The van der Waals surface area contributed by atoms with Crippen LogP contribution in [-0.4, -0.2) is 30.0 Å². The molecule has 3 aromatic rings. The first-order chi connectivity index (χ1) is 14.1. The molecule has 0 radical (unpaired) electrons. The molecule has 2 N–H and O–H groups in total. The van der Waals surface area contributed by atoms with Crippen molar-refractivity contribution >= 4 is 44.4 Å². The number of methoxy groups -OCH3 is 1. The summed E-state index contributed by atoms with van der Waals surface area (Å²) in [5, 5.41) is 14.6. The van der Waals surface area contributed by atoms with Gasteiger partial charge in [-0.1, -0.05) is 42.5 Å². The van der Waals surface area contributed by atoms with Crippen LogP contribution in [0.3, 0.4) is 0 Å². The van der Waals surface area contributed by atoms with Gasteiger partial charge in [0.25, 0.3) is 0 Å². The van der Waals surface area contributed by atoms with Crippen molar-refractivity contribution in [3.63, 3.8) is 0 Å². The fourth-order valence-corrected chi connectivity index (χ4v) is 5.19. The minimum absolute atomic E-state index is 0.103. The SMILES string of the molecule is COc1cc(C2NC(C(=O)O)CS2)cc(Br)c1OCc1cccc2ccccc12. The van der Waals surface area contributed by atoms with E-state index >= 15 is 0 Å². The summed E-state index contributed by atoms with van der Waals surface area (Å²) in [6.07, 6.45) is 0. The molecular weight excluding hydrogens is 454 g/mol. The maximum atomic E-state index is 11.2. The van der Waals surface area contributed by atoms with Crippen LogP contribution in [-0.2, 0) is 11.4 Å². The van der Waals surface area contributed by atoms with Crippen molar-refractivity contribution in [1.82, 2.24) is 5.32 Å². The van der Waals surface area contributed by atoms with Crippen LogP contribution in [0, 0.1) is 0 Å². The first-order valence-corrected chi connectivity index (χ1v) is 11.0. The molecule has 1 fully saturated rings. The van der Waals surface area contributed by atoms with Crippen molar-refractivity contribution < 1.29 is 19.4 Å². The molecule has 3 aromatic carbocycles. The first-order valence-electron chi connectivity index (χ1n) is 9.14. The molecule has 0 aliphatic carbocycles. The van der Waals surface area contributed by atoms with Gasteiger partial charge in [0.05, 0.1) is 17.0 Å². The van der Waals surface area contributed by atoms with E-state index in [1.165, 1.54) is 5.39 Å². The number of carboxylic acid groups (broad SMARTS) is 1. The number of hydrogen-bond donors (Lipinski definition) is 2. The molecule has 7 heteroatoms. The van der Waals surface area contributed by atoms with E-state index in [1.54, 1.807) is 18.9 Å². The number of nitrogens with one attached hydrogen (secondary N) is 1. The highest BCUT2D eigenvalue weighted by Gasteiger charge is 2.31. The van der Waals surface area contributed by atoms with E-state index in [-0.39, 0.29) is 5.37 Å². The van der Waals surface area contributed by atoms with E-state index in [9.17, 15) is 9.90 Å². The van der Waals surface area contributed by atoms with Gasteiger partial charge in [0, 0.05) is 5.75 Å². The summed E-state index contributed by atoms with van der Waals surface area (Å²) >= 11 is 5.16. The van der Waals surface area contributed by atoms with Crippen LogP contribution in [0.4, 0.5) is 0 Å². The van der Waals surface area contributed by atoms with E-state index in [2.05, 4.69) is 45.5 Å². The number of ether oxygens (including phenoxy) is 2. The number of carbonyl (C=O) groups is 1. The third-order valence-electron chi connectivity index (χ3n) is 4.89. The summed E-state index contributed by atoms with van der Waals surface area (Å²) in [6.45, 7) is 0.410. The highest BCUT2D eigenvalue weighted by molar-refractivity contribution is 9.10. The highest BCUT2D eigenvalue weighted by Crippen LogP contribution is 2.42. The van der Waals surface area contributed by atoms with E-state index < -0.39 is 12.0 Å². The van der Waals surface area contributed by atoms with Crippen LogP contribution in [0.25, 0.3) is 10.8 Å². The maximum absolute atomic E-state index is 11.2. The lowest BCUT2D eigenvalue weighted by Gasteiger charge is -2.18. The standard InChI is InChI=1S/C22H20BrNO4S/c1-27-19-10-15(21-24-18(12-29-21)22(25)26)9-17(23)20(19)28-11-14-7-4-6-13-5-2-3-8-16(13)14/h2-10,18,21,24H,11-12H2,1H3,(H,25,26). The lowest BCUT2D eigenvalue weighted by atomic mass is 10.1. The largest absolute Gasteiger partial charge is 0.493 e.